The van der Waals surface area contributed by atoms with E-state index < -0.39 is 6.04 Å². The maximum atomic E-state index is 14.4. The van der Waals surface area contributed by atoms with Crippen molar-refractivity contribution in [2.75, 3.05) is 51.9 Å². The Hall–Kier alpha value is -3.36. The van der Waals surface area contributed by atoms with Crippen molar-refractivity contribution in [2.24, 2.45) is 0 Å². The molecule has 0 aliphatic carbocycles. The molecular formula is C27H32FN3O4. The standard InChI is InChI=1S/C27H32FN3O4/c1-19-17-24(32)25(27(33)31(19)15-16-34-2)26(20-7-6-8-21(18-20)35-3)30-13-11-29(12-14-30)23-10-5-4-9-22(23)28/h4-10,17-18,26,32H,11-16H2,1-3H3/t26-/m1/s1. The second-order valence-electron chi connectivity index (χ2n) is 8.69. The molecule has 8 heteroatoms. The van der Waals surface area contributed by atoms with Gasteiger partial charge in [-0.2, -0.15) is 0 Å². The zero-order valence-electron chi connectivity index (χ0n) is 20.4. The molecule has 0 spiro atoms. The highest BCUT2D eigenvalue weighted by Gasteiger charge is 2.32. The fourth-order valence-corrected chi connectivity index (χ4v) is 4.79. The highest BCUT2D eigenvalue weighted by atomic mass is 19.1. The Balaban J connectivity index is 1.74. The third-order valence-corrected chi connectivity index (χ3v) is 6.60. The first-order chi connectivity index (χ1) is 16.9. The third-order valence-electron chi connectivity index (χ3n) is 6.60. The van der Waals surface area contributed by atoms with E-state index in [0.717, 1.165) is 5.56 Å². The molecule has 4 rings (SSSR count). The lowest BCUT2D eigenvalue weighted by Gasteiger charge is -2.40. The number of hydrogen-bond acceptors (Lipinski definition) is 6. The molecule has 0 radical (unpaired) electrons. The Bertz CT molecular complexity index is 1220. The average molecular weight is 482 g/mol. The quantitative estimate of drug-likeness (QED) is 0.531. The molecule has 1 fully saturated rings. The minimum Gasteiger partial charge on any atom is -0.507 e. The topological polar surface area (TPSA) is 67.2 Å². The van der Waals surface area contributed by atoms with Crippen molar-refractivity contribution in [3.63, 3.8) is 0 Å². The summed E-state index contributed by atoms with van der Waals surface area (Å²) in [5, 5.41) is 11.0. The van der Waals surface area contributed by atoms with Gasteiger partial charge in [-0.15, -0.1) is 0 Å². The Kier molecular flexibility index (Phi) is 7.73. The summed E-state index contributed by atoms with van der Waals surface area (Å²) in [6.45, 7) is 4.92. The number of pyridine rings is 1. The summed E-state index contributed by atoms with van der Waals surface area (Å²) < 4.78 is 26.7. The van der Waals surface area contributed by atoms with Crippen LogP contribution in [0.15, 0.2) is 59.4 Å². The number of rotatable bonds is 8. The second kappa shape index (κ2) is 10.9. The lowest BCUT2D eigenvalue weighted by Crippen LogP contribution is -2.49. The van der Waals surface area contributed by atoms with Crippen LogP contribution < -0.4 is 15.2 Å². The molecule has 7 nitrogen and oxygen atoms in total. The number of benzene rings is 2. The van der Waals surface area contributed by atoms with Gasteiger partial charge in [0.15, 0.2) is 0 Å². The van der Waals surface area contributed by atoms with E-state index in [4.69, 9.17) is 9.47 Å². The number of aryl methyl sites for hydroxylation is 1. The van der Waals surface area contributed by atoms with Crippen LogP contribution in [0.4, 0.5) is 10.1 Å². The van der Waals surface area contributed by atoms with Crippen molar-refractivity contribution in [3.05, 3.63) is 87.6 Å². The molecule has 0 unspecified atom stereocenters. The number of para-hydroxylation sites is 1. The van der Waals surface area contributed by atoms with Gasteiger partial charge in [0.25, 0.3) is 5.56 Å². The Labute approximate surface area is 204 Å². The molecule has 1 aliphatic heterocycles. The number of ether oxygens (including phenoxy) is 2. The summed E-state index contributed by atoms with van der Waals surface area (Å²) in [5.74, 6) is 0.386. The molecule has 35 heavy (non-hydrogen) atoms. The second-order valence-corrected chi connectivity index (χ2v) is 8.69. The number of piperazine rings is 1. The minimum absolute atomic E-state index is 0.0366. The van der Waals surface area contributed by atoms with E-state index in [2.05, 4.69) is 4.90 Å². The van der Waals surface area contributed by atoms with E-state index >= 15 is 0 Å². The van der Waals surface area contributed by atoms with Gasteiger partial charge in [-0.05, 0) is 42.8 Å². The van der Waals surface area contributed by atoms with E-state index in [9.17, 15) is 14.3 Å². The zero-order chi connectivity index (χ0) is 24.9. The lowest BCUT2D eigenvalue weighted by molar-refractivity contribution is 0.183. The molecule has 1 aromatic heterocycles. The Morgan fingerprint density at radius 2 is 1.77 bits per heavy atom. The van der Waals surface area contributed by atoms with Crippen molar-refractivity contribution >= 4 is 5.69 Å². The first kappa shape index (κ1) is 24.8. The van der Waals surface area contributed by atoms with Gasteiger partial charge >= 0.3 is 0 Å². The number of aromatic nitrogens is 1. The van der Waals surface area contributed by atoms with E-state index in [1.165, 1.54) is 6.07 Å². The molecule has 0 saturated carbocycles. The average Bonchev–Trinajstić information content (AvgIpc) is 2.87. The van der Waals surface area contributed by atoms with Crippen molar-refractivity contribution in [3.8, 4) is 11.5 Å². The largest absolute Gasteiger partial charge is 0.507 e. The van der Waals surface area contributed by atoms with Gasteiger partial charge < -0.3 is 24.0 Å². The first-order valence-corrected chi connectivity index (χ1v) is 11.7. The number of nitrogens with zero attached hydrogens (tertiary/aromatic N) is 3. The molecule has 1 N–H and O–H groups in total. The highest BCUT2D eigenvalue weighted by molar-refractivity contribution is 5.48. The van der Waals surface area contributed by atoms with Gasteiger partial charge in [0.1, 0.15) is 17.3 Å². The number of anilines is 1. The van der Waals surface area contributed by atoms with Crippen LogP contribution in [0.5, 0.6) is 11.5 Å². The molecule has 1 atom stereocenters. The minimum atomic E-state index is -0.491. The van der Waals surface area contributed by atoms with E-state index in [1.54, 1.807) is 43.9 Å². The number of aromatic hydroxyl groups is 1. The Morgan fingerprint density at radius 3 is 2.46 bits per heavy atom. The summed E-state index contributed by atoms with van der Waals surface area (Å²) in [7, 11) is 3.19. The molecule has 1 aliphatic rings. The van der Waals surface area contributed by atoms with Gasteiger partial charge in [0.2, 0.25) is 0 Å². The Morgan fingerprint density at radius 1 is 1.03 bits per heavy atom. The molecule has 2 heterocycles. The predicted molar refractivity (Wildman–Crippen MR) is 134 cm³/mol. The molecule has 3 aromatic rings. The van der Waals surface area contributed by atoms with Crippen LogP contribution in [0.3, 0.4) is 0 Å². The van der Waals surface area contributed by atoms with Gasteiger partial charge in [-0.1, -0.05) is 24.3 Å². The fourth-order valence-electron chi connectivity index (χ4n) is 4.79. The monoisotopic (exact) mass is 481 g/mol. The van der Waals surface area contributed by atoms with Gasteiger partial charge in [0, 0.05) is 45.5 Å². The molecular weight excluding hydrogens is 449 g/mol. The van der Waals surface area contributed by atoms with Crippen LogP contribution in [0.25, 0.3) is 0 Å². The zero-order valence-corrected chi connectivity index (χ0v) is 20.4. The van der Waals surface area contributed by atoms with Crippen LogP contribution in [-0.4, -0.2) is 61.6 Å². The summed E-state index contributed by atoms with van der Waals surface area (Å²) in [4.78, 5) is 17.9. The smallest absolute Gasteiger partial charge is 0.259 e. The highest BCUT2D eigenvalue weighted by Crippen LogP contribution is 2.35. The van der Waals surface area contributed by atoms with Crippen molar-refractivity contribution < 1.29 is 19.0 Å². The van der Waals surface area contributed by atoms with E-state index in [0.29, 0.717) is 62.0 Å². The van der Waals surface area contributed by atoms with Crippen LogP contribution in [0.1, 0.15) is 22.9 Å². The molecule has 1 saturated heterocycles. The van der Waals surface area contributed by atoms with Crippen molar-refractivity contribution in [1.82, 2.24) is 9.47 Å². The van der Waals surface area contributed by atoms with Crippen LogP contribution >= 0.6 is 0 Å². The fraction of sp³-hybridized carbons (Fsp3) is 0.370. The summed E-state index contributed by atoms with van der Waals surface area (Å²) in [6, 6.07) is 15.5. The maximum Gasteiger partial charge on any atom is 0.259 e. The molecule has 186 valence electrons. The summed E-state index contributed by atoms with van der Waals surface area (Å²) in [5.41, 5.74) is 2.16. The van der Waals surface area contributed by atoms with Gasteiger partial charge in [-0.3, -0.25) is 9.69 Å². The number of methoxy groups -OCH3 is 2. The van der Waals surface area contributed by atoms with E-state index in [-0.39, 0.29) is 17.1 Å². The molecule has 2 aromatic carbocycles. The van der Waals surface area contributed by atoms with Gasteiger partial charge in [-0.25, -0.2) is 4.39 Å². The van der Waals surface area contributed by atoms with Crippen LogP contribution in [0.2, 0.25) is 0 Å². The SMILES string of the molecule is COCCn1c(C)cc(O)c([C@@H](c2cccc(OC)c2)N2CCN(c3ccccc3F)CC2)c1=O. The van der Waals surface area contributed by atoms with Crippen molar-refractivity contribution in [1.29, 1.82) is 0 Å². The molecule has 0 amide bonds. The van der Waals surface area contributed by atoms with Crippen molar-refractivity contribution in [2.45, 2.75) is 19.5 Å². The van der Waals surface area contributed by atoms with Gasteiger partial charge in [0.05, 0.1) is 31.0 Å². The normalized spacial score (nSPS) is 15.3. The third kappa shape index (κ3) is 5.18. The number of halogens is 1. The molecule has 0 bridgehead atoms. The summed E-state index contributed by atoms with van der Waals surface area (Å²) in [6.07, 6.45) is 0. The first-order valence-electron chi connectivity index (χ1n) is 11.7. The van der Waals surface area contributed by atoms with Crippen LogP contribution in [-0.2, 0) is 11.3 Å². The number of hydrogen-bond donors (Lipinski definition) is 1. The van der Waals surface area contributed by atoms with Crippen LogP contribution in [0, 0.1) is 12.7 Å². The predicted octanol–water partition coefficient (Wildman–Crippen LogP) is 3.57. The summed E-state index contributed by atoms with van der Waals surface area (Å²) >= 11 is 0. The maximum absolute atomic E-state index is 14.4. The lowest BCUT2D eigenvalue weighted by atomic mass is 9.95. The van der Waals surface area contributed by atoms with E-state index in [1.807, 2.05) is 35.2 Å².